The van der Waals surface area contributed by atoms with Gasteiger partial charge in [-0.05, 0) is 0 Å². The van der Waals surface area contributed by atoms with Gasteiger partial charge in [0.25, 0.3) is 0 Å². The molecule has 1 aliphatic heterocycles. The maximum Gasteiger partial charge on any atom is 0.405 e. The number of hydrogen-bond acceptors (Lipinski definition) is 3. The number of halogens is 3. The van der Waals surface area contributed by atoms with Crippen LogP contribution in [0.25, 0.3) is 0 Å². The molecule has 0 bridgehead atoms. The number of nitrogens with zero attached hydrogens (tertiary/aromatic N) is 2. The summed E-state index contributed by atoms with van der Waals surface area (Å²) in [6.07, 6.45) is -4.45. The highest BCUT2D eigenvalue weighted by atomic mass is 19.4. The summed E-state index contributed by atoms with van der Waals surface area (Å²) in [6, 6.07) is 1.24. The molecule has 6 heteroatoms. The summed E-state index contributed by atoms with van der Waals surface area (Å²) in [6.45, 7) is 0.617. The van der Waals surface area contributed by atoms with Gasteiger partial charge in [0.2, 0.25) is 0 Å². The average molecular weight is 208 g/mol. The van der Waals surface area contributed by atoms with E-state index in [0.29, 0.717) is 13.1 Å². The number of alkyl halides is 3. The Morgan fingerprint density at radius 1 is 1.50 bits per heavy atom. The van der Waals surface area contributed by atoms with E-state index in [9.17, 15) is 13.2 Å². The number of aliphatic hydroxyl groups excluding tert-OH is 1. The second kappa shape index (κ2) is 4.15. The molecular weight excluding hydrogens is 197 g/mol. The molecule has 3 nitrogen and oxygen atoms in total. The zero-order valence-electron chi connectivity index (χ0n) is 7.46. The van der Waals surface area contributed by atoms with Crippen molar-refractivity contribution in [2.45, 2.75) is 6.18 Å². The molecular formula is C8H11F3N2O. The number of nitriles is 1. The van der Waals surface area contributed by atoms with E-state index in [1.807, 2.05) is 0 Å². The smallest absolute Gasteiger partial charge is 0.396 e. The fourth-order valence-corrected chi connectivity index (χ4v) is 1.42. The summed E-state index contributed by atoms with van der Waals surface area (Å²) >= 11 is 0. The lowest BCUT2D eigenvalue weighted by Crippen LogP contribution is -2.51. The number of rotatable bonds is 3. The average Bonchev–Trinajstić information content (AvgIpc) is 2.00. The minimum atomic E-state index is -4.45. The molecule has 1 N–H and O–H groups in total. The molecule has 14 heavy (non-hydrogen) atoms. The molecule has 1 aliphatic rings. The molecule has 0 amide bonds. The minimum Gasteiger partial charge on any atom is -0.396 e. The van der Waals surface area contributed by atoms with Gasteiger partial charge in [-0.3, -0.25) is 0 Å². The van der Waals surface area contributed by atoms with Crippen LogP contribution >= 0.6 is 0 Å². The molecule has 0 aromatic rings. The van der Waals surface area contributed by atoms with Gasteiger partial charge in [0.1, 0.15) is 0 Å². The van der Waals surface area contributed by atoms with E-state index in [2.05, 4.69) is 0 Å². The van der Waals surface area contributed by atoms with Crippen LogP contribution in [-0.4, -0.2) is 42.4 Å². The Bertz CT molecular complexity index is 230. The normalized spacial score (nSPS) is 21.4. The third-order valence-corrected chi connectivity index (χ3v) is 2.28. The fourth-order valence-electron chi connectivity index (χ4n) is 1.42. The van der Waals surface area contributed by atoms with Crippen molar-refractivity contribution in [1.29, 1.82) is 5.26 Å². The Kier molecular flexibility index (Phi) is 3.34. The quantitative estimate of drug-likeness (QED) is 0.739. The SMILES string of the molecule is N#CC(CN1CC(CO)C1)C(F)(F)F. The van der Waals surface area contributed by atoms with E-state index >= 15 is 0 Å². The molecule has 0 aromatic heterocycles. The van der Waals surface area contributed by atoms with Crippen LogP contribution in [0.4, 0.5) is 13.2 Å². The Labute approximate surface area is 79.7 Å². The van der Waals surface area contributed by atoms with Crippen LogP contribution in [-0.2, 0) is 0 Å². The van der Waals surface area contributed by atoms with Gasteiger partial charge in [0.15, 0.2) is 5.92 Å². The van der Waals surface area contributed by atoms with Gasteiger partial charge in [-0.2, -0.15) is 18.4 Å². The van der Waals surface area contributed by atoms with Crippen molar-refractivity contribution in [3.8, 4) is 6.07 Å². The van der Waals surface area contributed by atoms with Gasteiger partial charge in [0, 0.05) is 32.2 Å². The lowest BCUT2D eigenvalue weighted by atomic mass is 9.99. The summed E-state index contributed by atoms with van der Waals surface area (Å²) in [5.74, 6) is -1.84. The lowest BCUT2D eigenvalue weighted by Gasteiger charge is -2.39. The van der Waals surface area contributed by atoms with Crippen molar-refractivity contribution in [2.24, 2.45) is 11.8 Å². The Morgan fingerprint density at radius 2 is 2.07 bits per heavy atom. The lowest BCUT2D eigenvalue weighted by molar-refractivity contribution is -0.167. The van der Waals surface area contributed by atoms with Crippen LogP contribution in [0.15, 0.2) is 0 Å². The maximum atomic E-state index is 12.1. The van der Waals surface area contributed by atoms with E-state index in [1.165, 1.54) is 11.0 Å². The van der Waals surface area contributed by atoms with Crippen molar-refractivity contribution in [1.82, 2.24) is 4.90 Å². The summed E-state index contributed by atoms with van der Waals surface area (Å²) < 4.78 is 36.4. The Balaban J connectivity index is 2.34. The molecule has 1 unspecified atom stereocenters. The third kappa shape index (κ3) is 2.59. The highest BCUT2D eigenvalue weighted by Gasteiger charge is 2.42. The van der Waals surface area contributed by atoms with Gasteiger partial charge in [0.05, 0.1) is 6.07 Å². The third-order valence-electron chi connectivity index (χ3n) is 2.28. The zero-order valence-corrected chi connectivity index (χ0v) is 7.46. The highest BCUT2D eigenvalue weighted by molar-refractivity contribution is 4.93. The van der Waals surface area contributed by atoms with Gasteiger partial charge in [-0.1, -0.05) is 0 Å². The first-order chi connectivity index (χ1) is 6.47. The van der Waals surface area contributed by atoms with Crippen LogP contribution < -0.4 is 0 Å². The predicted molar refractivity (Wildman–Crippen MR) is 42.2 cm³/mol. The second-order valence-electron chi connectivity index (χ2n) is 3.49. The Morgan fingerprint density at radius 3 is 2.43 bits per heavy atom. The first-order valence-electron chi connectivity index (χ1n) is 4.27. The molecule has 0 aromatic carbocycles. The van der Waals surface area contributed by atoms with Crippen molar-refractivity contribution < 1.29 is 18.3 Å². The maximum absolute atomic E-state index is 12.1. The summed E-state index contributed by atoms with van der Waals surface area (Å²) in [5, 5.41) is 16.9. The molecule has 1 saturated heterocycles. The van der Waals surface area contributed by atoms with Crippen molar-refractivity contribution >= 4 is 0 Å². The van der Waals surface area contributed by atoms with Crippen LogP contribution in [0.1, 0.15) is 0 Å². The summed E-state index contributed by atoms with van der Waals surface area (Å²) in [5.41, 5.74) is 0. The molecule has 0 radical (unpaired) electrons. The molecule has 1 atom stereocenters. The molecule has 0 aliphatic carbocycles. The van der Waals surface area contributed by atoms with Gasteiger partial charge < -0.3 is 10.0 Å². The van der Waals surface area contributed by atoms with Crippen LogP contribution in [0, 0.1) is 23.2 Å². The molecule has 0 spiro atoms. The molecule has 1 rings (SSSR count). The minimum absolute atomic E-state index is 0.000260. The van der Waals surface area contributed by atoms with Crippen LogP contribution in [0.2, 0.25) is 0 Å². The topological polar surface area (TPSA) is 47.3 Å². The van der Waals surface area contributed by atoms with E-state index < -0.39 is 12.1 Å². The van der Waals surface area contributed by atoms with Gasteiger partial charge in [-0.25, -0.2) is 0 Å². The first-order valence-corrected chi connectivity index (χ1v) is 4.27. The van der Waals surface area contributed by atoms with Crippen molar-refractivity contribution in [3.63, 3.8) is 0 Å². The molecule has 80 valence electrons. The monoisotopic (exact) mass is 208 g/mol. The van der Waals surface area contributed by atoms with E-state index in [0.717, 1.165) is 0 Å². The predicted octanol–water partition coefficient (Wildman–Crippen LogP) is 0.613. The van der Waals surface area contributed by atoms with E-state index in [4.69, 9.17) is 10.4 Å². The van der Waals surface area contributed by atoms with Crippen molar-refractivity contribution in [2.75, 3.05) is 26.2 Å². The van der Waals surface area contributed by atoms with Gasteiger partial charge >= 0.3 is 6.18 Å². The zero-order chi connectivity index (χ0) is 10.8. The molecule has 1 fully saturated rings. The number of likely N-dealkylation sites (tertiary alicyclic amines) is 1. The largest absolute Gasteiger partial charge is 0.405 e. The standard InChI is InChI=1S/C8H11F3N2O/c9-8(10,11)7(1-12)4-13-2-6(3-13)5-14/h6-7,14H,2-5H2. The van der Waals surface area contributed by atoms with Crippen molar-refractivity contribution in [3.05, 3.63) is 0 Å². The summed E-state index contributed by atoms with van der Waals surface area (Å²) in [4.78, 5) is 1.53. The van der Waals surface area contributed by atoms with Crippen LogP contribution in [0.5, 0.6) is 0 Å². The summed E-state index contributed by atoms with van der Waals surface area (Å²) in [7, 11) is 0. The first kappa shape index (κ1) is 11.3. The Hall–Kier alpha value is -0.800. The van der Waals surface area contributed by atoms with E-state index in [-0.39, 0.29) is 19.1 Å². The number of aliphatic hydroxyl groups is 1. The fraction of sp³-hybridized carbons (Fsp3) is 0.875. The van der Waals surface area contributed by atoms with E-state index in [1.54, 1.807) is 0 Å². The second-order valence-corrected chi connectivity index (χ2v) is 3.49. The molecule has 0 saturated carbocycles. The highest BCUT2D eigenvalue weighted by Crippen LogP contribution is 2.28. The van der Waals surface area contributed by atoms with Gasteiger partial charge in [-0.15, -0.1) is 0 Å². The molecule has 1 heterocycles. The van der Waals surface area contributed by atoms with Crippen LogP contribution in [0.3, 0.4) is 0 Å². The number of hydrogen-bond donors (Lipinski definition) is 1.